The van der Waals surface area contributed by atoms with Crippen molar-refractivity contribution in [2.24, 2.45) is 10.3 Å². The molecule has 0 radical (unpaired) electrons. The minimum Gasteiger partial charge on any atom is -0.184 e. The van der Waals surface area contributed by atoms with Gasteiger partial charge in [0.1, 0.15) is 0 Å². The molecule has 0 spiro atoms. The molecular formula is C6H6N4O2S. The Balaban J connectivity index is 2.91. The molecule has 0 aromatic rings. The molecular weight excluding hydrogens is 192 g/mol. The first-order valence-electron chi connectivity index (χ1n) is 3.48. The lowest BCUT2D eigenvalue weighted by atomic mass is 10.1. The van der Waals surface area contributed by atoms with E-state index in [2.05, 4.69) is 15.2 Å². The topological polar surface area (TPSA) is 95.3 Å². The van der Waals surface area contributed by atoms with Gasteiger partial charge in [-0.15, -0.1) is 5.53 Å². The molecule has 0 saturated carbocycles. The van der Waals surface area contributed by atoms with E-state index in [1.807, 2.05) is 0 Å². The molecule has 0 aromatic carbocycles. The molecule has 13 heavy (non-hydrogen) atoms. The zero-order valence-electron chi connectivity index (χ0n) is 6.58. The second-order valence-corrected chi connectivity index (χ2v) is 3.30. The van der Waals surface area contributed by atoms with Gasteiger partial charge in [-0.2, -0.15) is 13.3 Å². The molecule has 0 fully saturated rings. The van der Waals surface area contributed by atoms with Crippen LogP contribution in [0, 0.1) is 0 Å². The SMILES string of the molecule is [N-]=[N+]=NN=C1C=CC(=S(=O)=O)CC1. The molecule has 0 aliphatic heterocycles. The van der Waals surface area contributed by atoms with Crippen molar-refractivity contribution in [3.63, 3.8) is 0 Å². The zero-order chi connectivity index (χ0) is 9.68. The third-order valence-electron chi connectivity index (χ3n) is 1.52. The second-order valence-electron chi connectivity index (χ2n) is 2.30. The Morgan fingerprint density at radius 1 is 1.38 bits per heavy atom. The molecule has 0 aromatic heterocycles. The molecule has 0 amide bonds. The van der Waals surface area contributed by atoms with Gasteiger partial charge in [0.05, 0.1) is 4.86 Å². The maximum Gasteiger partial charge on any atom is 0.217 e. The summed E-state index contributed by atoms with van der Waals surface area (Å²) in [6.07, 6.45) is 3.88. The predicted molar refractivity (Wildman–Crippen MR) is 48.9 cm³/mol. The lowest BCUT2D eigenvalue weighted by Crippen LogP contribution is -2.07. The van der Waals surface area contributed by atoms with E-state index in [9.17, 15) is 8.42 Å². The summed E-state index contributed by atoms with van der Waals surface area (Å²) >= 11 is 0. The molecule has 0 atom stereocenters. The molecule has 1 aliphatic carbocycles. The summed E-state index contributed by atoms with van der Waals surface area (Å²) in [6.45, 7) is 0. The predicted octanol–water partition coefficient (Wildman–Crippen LogP) is 1.05. The molecule has 0 unspecified atom stereocenters. The van der Waals surface area contributed by atoms with Crippen LogP contribution in [0.1, 0.15) is 12.8 Å². The van der Waals surface area contributed by atoms with Crippen molar-refractivity contribution in [2.75, 3.05) is 0 Å². The summed E-state index contributed by atoms with van der Waals surface area (Å²) in [4.78, 5) is 2.81. The number of hydrogen-bond acceptors (Lipinski definition) is 3. The monoisotopic (exact) mass is 198 g/mol. The van der Waals surface area contributed by atoms with Gasteiger partial charge in [-0.3, -0.25) is 0 Å². The Morgan fingerprint density at radius 3 is 2.62 bits per heavy atom. The van der Waals surface area contributed by atoms with E-state index in [1.165, 1.54) is 12.2 Å². The molecule has 0 bridgehead atoms. The van der Waals surface area contributed by atoms with Crippen LogP contribution >= 0.6 is 0 Å². The molecule has 68 valence electrons. The molecule has 1 rings (SSSR count). The Hall–Kier alpha value is -1.59. The van der Waals surface area contributed by atoms with Gasteiger partial charge in [-0.1, -0.05) is 0 Å². The van der Waals surface area contributed by atoms with Crippen LogP contribution in [0.25, 0.3) is 10.4 Å². The van der Waals surface area contributed by atoms with Crippen LogP contribution in [-0.4, -0.2) is 19.0 Å². The van der Waals surface area contributed by atoms with Crippen molar-refractivity contribution in [1.29, 1.82) is 0 Å². The van der Waals surface area contributed by atoms with Gasteiger partial charge in [0, 0.05) is 11.6 Å². The quantitative estimate of drug-likeness (QED) is 0.207. The standard InChI is InChI=1S/C6H6N4O2S/c7-9-10-8-5-1-3-6(4-2-5)13(11)12/h1,3H,2,4H2. The highest BCUT2D eigenvalue weighted by Gasteiger charge is 2.09. The van der Waals surface area contributed by atoms with Crippen molar-refractivity contribution >= 4 is 20.9 Å². The van der Waals surface area contributed by atoms with E-state index < -0.39 is 10.3 Å². The number of hydrogen-bond donors (Lipinski definition) is 0. The van der Waals surface area contributed by atoms with Gasteiger partial charge < -0.3 is 0 Å². The average molecular weight is 198 g/mol. The minimum absolute atomic E-state index is 0.347. The largest absolute Gasteiger partial charge is 0.217 e. The fraction of sp³-hybridized carbons (Fsp3) is 0.333. The van der Waals surface area contributed by atoms with Crippen LogP contribution in [0.5, 0.6) is 0 Å². The average Bonchev–Trinajstić information content (AvgIpc) is 2.15. The van der Waals surface area contributed by atoms with Crippen molar-refractivity contribution in [1.82, 2.24) is 0 Å². The van der Waals surface area contributed by atoms with Gasteiger partial charge in [-0.05, 0) is 23.7 Å². The molecule has 7 heteroatoms. The number of rotatable bonds is 1. The normalized spacial score (nSPS) is 18.5. The van der Waals surface area contributed by atoms with Gasteiger partial charge in [0.15, 0.2) is 5.71 Å². The Kier molecular flexibility index (Phi) is 3.24. The van der Waals surface area contributed by atoms with E-state index in [4.69, 9.17) is 5.53 Å². The fourth-order valence-corrected chi connectivity index (χ4v) is 1.35. The molecule has 0 heterocycles. The highest BCUT2D eigenvalue weighted by molar-refractivity contribution is 7.73. The van der Waals surface area contributed by atoms with Crippen LogP contribution < -0.4 is 0 Å². The van der Waals surface area contributed by atoms with Gasteiger partial charge >= 0.3 is 0 Å². The summed E-state index contributed by atoms with van der Waals surface area (Å²) in [5.74, 6) is 0. The van der Waals surface area contributed by atoms with Crippen LogP contribution in [-0.2, 0) is 10.3 Å². The summed E-state index contributed by atoms with van der Waals surface area (Å²) < 4.78 is 20.9. The maximum atomic E-state index is 10.5. The zero-order valence-corrected chi connectivity index (χ0v) is 7.40. The summed E-state index contributed by atoms with van der Waals surface area (Å²) in [5, 5.41) is 6.54. The number of nitrogens with zero attached hydrogens (tertiary/aromatic N) is 4. The molecule has 0 N–H and O–H groups in total. The lowest BCUT2D eigenvalue weighted by molar-refractivity contribution is 0.626. The Bertz CT molecular complexity index is 431. The van der Waals surface area contributed by atoms with E-state index >= 15 is 0 Å². The first-order valence-corrected chi connectivity index (χ1v) is 4.55. The van der Waals surface area contributed by atoms with Crippen LogP contribution in [0.2, 0.25) is 0 Å². The summed E-state index contributed by atoms with van der Waals surface area (Å²) in [7, 11) is -2.15. The smallest absolute Gasteiger partial charge is 0.184 e. The highest BCUT2D eigenvalue weighted by atomic mass is 32.2. The maximum absolute atomic E-state index is 10.5. The van der Waals surface area contributed by atoms with Crippen LogP contribution in [0.15, 0.2) is 22.5 Å². The van der Waals surface area contributed by atoms with E-state index in [0.717, 1.165) is 0 Å². The summed E-state index contributed by atoms with van der Waals surface area (Å²) in [6, 6.07) is 0. The Labute approximate surface area is 75.7 Å². The van der Waals surface area contributed by atoms with Gasteiger partial charge in [0.2, 0.25) is 10.3 Å². The molecule has 1 aliphatic rings. The number of allylic oxidation sites excluding steroid dienone is 2. The van der Waals surface area contributed by atoms with E-state index in [0.29, 0.717) is 23.4 Å². The van der Waals surface area contributed by atoms with Crippen LogP contribution in [0.3, 0.4) is 0 Å². The van der Waals surface area contributed by atoms with E-state index in [1.54, 1.807) is 0 Å². The van der Waals surface area contributed by atoms with Crippen molar-refractivity contribution in [3.05, 3.63) is 22.6 Å². The first-order chi connectivity index (χ1) is 6.24. The second kappa shape index (κ2) is 4.44. The van der Waals surface area contributed by atoms with Crippen LogP contribution in [0.4, 0.5) is 0 Å². The van der Waals surface area contributed by atoms with Crippen molar-refractivity contribution in [2.45, 2.75) is 12.8 Å². The molecule has 0 saturated heterocycles. The number of azide groups is 1. The van der Waals surface area contributed by atoms with Crippen molar-refractivity contribution in [3.8, 4) is 0 Å². The molecule has 6 nitrogen and oxygen atoms in total. The third kappa shape index (κ3) is 2.73. The fourth-order valence-electron chi connectivity index (χ4n) is 0.907. The van der Waals surface area contributed by atoms with Crippen molar-refractivity contribution < 1.29 is 8.42 Å². The Morgan fingerprint density at radius 2 is 2.15 bits per heavy atom. The van der Waals surface area contributed by atoms with Gasteiger partial charge in [0.25, 0.3) is 0 Å². The lowest BCUT2D eigenvalue weighted by Gasteiger charge is -2.00. The first kappa shape index (κ1) is 9.50. The van der Waals surface area contributed by atoms with Gasteiger partial charge in [-0.25, -0.2) is 0 Å². The van der Waals surface area contributed by atoms with E-state index in [-0.39, 0.29) is 0 Å². The summed E-state index contributed by atoms with van der Waals surface area (Å²) in [5.41, 5.74) is 8.55. The highest BCUT2D eigenvalue weighted by Crippen LogP contribution is 2.05. The third-order valence-corrected chi connectivity index (χ3v) is 2.28. The minimum atomic E-state index is -2.15.